The van der Waals surface area contributed by atoms with Crippen LogP contribution in [0.4, 0.5) is 0 Å². The number of nitrogens with one attached hydrogen (secondary N) is 2. The Labute approximate surface area is 125 Å². The summed E-state index contributed by atoms with van der Waals surface area (Å²) >= 11 is 0. The molecule has 1 saturated heterocycles. The molecule has 20 heavy (non-hydrogen) atoms. The zero-order valence-electron chi connectivity index (χ0n) is 12.2. The van der Waals surface area contributed by atoms with E-state index in [2.05, 4.69) is 17.6 Å². The van der Waals surface area contributed by atoms with Crippen molar-refractivity contribution in [1.82, 2.24) is 10.6 Å². The largest absolute Gasteiger partial charge is 0.456 e. The highest BCUT2D eigenvalue weighted by Crippen LogP contribution is 2.17. The van der Waals surface area contributed by atoms with Crippen molar-refractivity contribution in [2.45, 2.75) is 38.8 Å². The van der Waals surface area contributed by atoms with E-state index in [0.717, 1.165) is 37.3 Å². The van der Waals surface area contributed by atoms with Gasteiger partial charge in [-0.25, -0.2) is 0 Å². The first kappa shape index (κ1) is 17.0. The van der Waals surface area contributed by atoms with E-state index in [1.165, 1.54) is 0 Å². The molecule has 0 bridgehead atoms. The van der Waals surface area contributed by atoms with Crippen LogP contribution in [0.3, 0.4) is 0 Å². The molecule has 0 spiro atoms. The molecule has 1 fully saturated rings. The van der Waals surface area contributed by atoms with E-state index < -0.39 is 0 Å². The summed E-state index contributed by atoms with van der Waals surface area (Å²) < 4.78 is 10.9. The fraction of sp³-hybridized carbons (Fsp3) is 0.643. The second-order valence-corrected chi connectivity index (χ2v) is 4.78. The average Bonchev–Trinajstić information content (AvgIpc) is 3.03. The first-order valence-corrected chi connectivity index (χ1v) is 6.85. The van der Waals surface area contributed by atoms with E-state index in [0.29, 0.717) is 5.76 Å². The number of amides is 1. The van der Waals surface area contributed by atoms with Crippen LogP contribution in [0.15, 0.2) is 10.5 Å². The smallest absolute Gasteiger partial charge is 0.287 e. The third-order valence-electron chi connectivity index (χ3n) is 3.60. The molecule has 2 rings (SSSR count). The Hall–Kier alpha value is -1.04. The third kappa shape index (κ3) is 3.53. The molecule has 6 heteroatoms. The number of hydrogen-bond acceptors (Lipinski definition) is 4. The van der Waals surface area contributed by atoms with Gasteiger partial charge in [0.05, 0.1) is 12.1 Å². The van der Waals surface area contributed by atoms with E-state index in [1.54, 1.807) is 7.11 Å². The van der Waals surface area contributed by atoms with Gasteiger partial charge >= 0.3 is 0 Å². The van der Waals surface area contributed by atoms with Crippen LogP contribution < -0.4 is 10.6 Å². The standard InChI is InChI=1S/C14H22N2O3.ClH/c1-4-9-6-12(19-11(9)5-2)14(17)16-10-7-15-8-13(10)18-3;/h6,10,13,15H,4-5,7-8H2,1-3H3,(H,16,17);1H/t10?,13-;/m0./s1. The summed E-state index contributed by atoms with van der Waals surface area (Å²) in [6.07, 6.45) is 1.71. The fourth-order valence-corrected chi connectivity index (χ4v) is 2.46. The van der Waals surface area contributed by atoms with Gasteiger partial charge in [0, 0.05) is 26.6 Å². The maximum Gasteiger partial charge on any atom is 0.287 e. The van der Waals surface area contributed by atoms with Crippen molar-refractivity contribution in [3.05, 3.63) is 23.2 Å². The van der Waals surface area contributed by atoms with Crippen molar-refractivity contribution in [2.75, 3.05) is 20.2 Å². The number of carbonyl (C=O) groups excluding carboxylic acids is 1. The van der Waals surface area contributed by atoms with Crippen LogP contribution in [0.1, 0.15) is 35.7 Å². The molecule has 0 aromatic carbocycles. The van der Waals surface area contributed by atoms with Crippen LogP contribution in [-0.4, -0.2) is 38.3 Å². The minimum atomic E-state index is -0.162. The molecule has 1 unspecified atom stereocenters. The van der Waals surface area contributed by atoms with Gasteiger partial charge in [-0.1, -0.05) is 13.8 Å². The van der Waals surface area contributed by atoms with Gasteiger partial charge in [0.25, 0.3) is 5.91 Å². The Morgan fingerprint density at radius 2 is 2.20 bits per heavy atom. The predicted octanol–water partition coefficient (Wildman–Crippen LogP) is 1.54. The molecular formula is C14H23ClN2O3. The van der Waals surface area contributed by atoms with Gasteiger partial charge in [0.1, 0.15) is 5.76 Å². The van der Waals surface area contributed by atoms with Crippen LogP contribution in [0, 0.1) is 0 Å². The van der Waals surface area contributed by atoms with Crippen molar-refractivity contribution in [2.24, 2.45) is 0 Å². The van der Waals surface area contributed by atoms with E-state index in [1.807, 2.05) is 13.0 Å². The van der Waals surface area contributed by atoms with Crippen LogP contribution in [0.25, 0.3) is 0 Å². The SMILES string of the molecule is CCc1cc(C(=O)NC2CNC[C@@H]2OC)oc1CC.Cl. The summed E-state index contributed by atoms with van der Waals surface area (Å²) in [5.74, 6) is 1.14. The lowest BCUT2D eigenvalue weighted by Gasteiger charge is -2.17. The summed E-state index contributed by atoms with van der Waals surface area (Å²) in [5.41, 5.74) is 1.11. The first-order valence-electron chi connectivity index (χ1n) is 6.85. The van der Waals surface area contributed by atoms with Gasteiger partial charge in [-0.2, -0.15) is 0 Å². The first-order chi connectivity index (χ1) is 9.19. The molecule has 1 aromatic rings. The Morgan fingerprint density at radius 1 is 1.45 bits per heavy atom. The van der Waals surface area contributed by atoms with Gasteiger partial charge in [0.15, 0.2) is 5.76 Å². The molecule has 114 valence electrons. The maximum absolute atomic E-state index is 12.2. The minimum absolute atomic E-state index is 0. The van der Waals surface area contributed by atoms with Crippen molar-refractivity contribution in [3.8, 4) is 0 Å². The number of ether oxygens (including phenoxy) is 1. The number of aryl methyl sites for hydroxylation is 2. The number of methoxy groups -OCH3 is 1. The number of furan rings is 1. The monoisotopic (exact) mass is 302 g/mol. The third-order valence-corrected chi connectivity index (χ3v) is 3.60. The highest BCUT2D eigenvalue weighted by Gasteiger charge is 2.29. The zero-order chi connectivity index (χ0) is 13.8. The number of rotatable bonds is 5. The predicted molar refractivity (Wildman–Crippen MR) is 79.6 cm³/mol. The molecule has 2 heterocycles. The molecule has 1 aliphatic heterocycles. The lowest BCUT2D eigenvalue weighted by molar-refractivity contribution is 0.0759. The topological polar surface area (TPSA) is 63.5 Å². The molecule has 0 saturated carbocycles. The number of hydrogen-bond donors (Lipinski definition) is 2. The number of halogens is 1. The van der Waals surface area contributed by atoms with E-state index >= 15 is 0 Å². The highest BCUT2D eigenvalue weighted by molar-refractivity contribution is 5.92. The summed E-state index contributed by atoms with van der Waals surface area (Å²) in [5, 5.41) is 6.16. The van der Waals surface area contributed by atoms with E-state index in [4.69, 9.17) is 9.15 Å². The lowest BCUT2D eigenvalue weighted by Crippen LogP contribution is -2.43. The Balaban J connectivity index is 0.00000200. The van der Waals surface area contributed by atoms with Gasteiger partial charge in [-0.15, -0.1) is 12.4 Å². The molecule has 0 radical (unpaired) electrons. The van der Waals surface area contributed by atoms with Crippen molar-refractivity contribution < 1.29 is 13.9 Å². The quantitative estimate of drug-likeness (QED) is 0.866. The van der Waals surface area contributed by atoms with Crippen LogP contribution >= 0.6 is 12.4 Å². The molecule has 1 aromatic heterocycles. The van der Waals surface area contributed by atoms with Crippen molar-refractivity contribution >= 4 is 18.3 Å². The van der Waals surface area contributed by atoms with Crippen molar-refractivity contribution in [3.63, 3.8) is 0 Å². The molecular weight excluding hydrogens is 280 g/mol. The second kappa shape index (κ2) is 7.67. The number of carbonyl (C=O) groups is 1. The Kier molecular flexibility index (Phi) is 6.52. The summed E-state index contributed by atoms with van der Waals surface area (Å²) in [7, 11) is 1.66. The van der Waals surface area contributed by atoms with Crippen LogP contribution in [0.5, 0.6) is 0 Å². The summed E-state index contributed by atoms with van der Waals surface area (Å²) in [6.45, 7) is 5.58. The highest BCUT2D eigenvalue weighted by atomic mass is 35.5. The fourth-order valence-electron chi connectivity index (χ4n) is 2.46. The molecule has 5 nitrogen and oxygen atoms in total. The molecule has 1 amide bonds. The lowest BCUT2D eigenvalue weighted by atomic mass is 10.1. The van der Waals surface area contributed by atoms with Gasteiger partial charge < -0.3 is 19.8 Å². The van der Waals surface area contributed by atoms with Gasteiger partial charge in [-0.3, -0.25) is 4.79 Å². The van der Waals surface area contributed by atoms with Crippen LogP contribution in [0.2, 0.25) is 0 Å². The molecule has 1 aliphatic rings. The maximum atomic E-state index is 12.2. The van der Waals surface area contributed by atoms with E-state index in [-0.39, 0.29) is 30.5 Å². The molecule has 2 N–H and O–H groups in total. The Bertz CT molecular complexity index is 426. The Morgan fingerprint density at radius 3 is 2.75 bits per heavy atom. The minimum Gasteiger partial charge on any atom is -0.456 e. The summed E-state index contributed by atoms with van der Waals surface area (Å²) in [6, 6.07) is 1.84. The zero-order valence-corrected chi connectivity index (χ0v) is 13.0. The van der Waals surface area contributed by atoms with Gasteiger partial charge in [-0.05, 0) is 18.1 Å². The normalized spacial score (nSPS) is 21.6. The van der Waals surface area contributed by atoms with Crippen LogP contribution in [-0.2, 0) is 17.6 Å². The molecule has 2 atom stereocenters. The molecule has 0 aliphatic carbocycles. The van der Waals surface area contributed by atoms with E-state index in [9.17, 15) is 4.79 Å². The van der Waals surface area contributed by atoms with Gasteiger partial charge in [0.2, 0.25) is 0 Å². The average molecular weight is 303 g/mol. The second-order valence-electron chi connectivity index (χ2n) is 4.78. The van der Waals surface area contributed by atoms with Crippen molar-refractivity contribution in [1.29, 1.82) is 0 Å². The summed E-state index contributed by atoms with van der Waals surface area (Å²) in [4.78, 5) is 12.2.